The fourth-order valence-corrected chi connectivity index (χ4v) is 11.7. The molecule has 3 N–H and O–H groups in total. The van der Waals surface area contributed by atoms with E-state index < -0.39 is 97.5 Å². The van der Waals surface area contributed by atoms with Gasteiger partial charge in [0, 0.05) is 25.7 Å². The van der Waals surface area contributed by atoms with Gasteiger partial charge in [-0.2, -0.15) is 0 Å². The van der Waals surface area contributed by atoms with Gasteiger partial charge in [-0.25, -0.2) is 9.13 Å². The summed E-state index contributed by atoms with van der Waals surface area (Å²) in [5, 5.41) is 10.6. The van der Waals surface area contributed by atoms with Crippen LogP contribution in [-0.4, -0.2) is 96.7 Å². The van der Waals surface area contributed by atoms with E-state index in [1.807, 2.05) is 0 Å². The first-order chi connectivity index (χ1) is 47.7. The number of hydrogen-bond donors (Lipinski definition) is 3. The van der Waals surface area contributed by atoms with Gasteiger partial charge in [-0.3, -0.25) is 37.3 Å². The molecule has 5 unspecified atom stereocenters. The van der Waals surface area contributed by atoms with Crippen LogP contribution in [0.15, 0.2) is 97.2 Å². The number of rotatable bonds is 72. The lowest BCUT2D eigenvalue weighted by Gasteiger charge is -2.21. The number of aliphatic hydroxyl groups excluding tert-OH is 1. The van der Waals surface area contributed by atoms with E-state index in [0.717, 1.165) is 167 Å². The maximum absolute atomic E-state index is 13.1. The lowest BCUT2D eigenvalue weighted by Crippen LogP contribution is -2.30. The standard InChI is InChI=1S/C79H138O17P2/c1-5-9-13-17-21-25-29-32-34-35-36-37-39-41-45-48-52-56-60-64-77(82)90-70-75(96-79(84)66-62-58-54-50-46-42-38-33-30-26-22-18-14-10-6-2)72-94-98(87,88)92-68-73(80)67-91-97(85,86)93-71-74(95-78(83)65-61-57-53-49-43-28-24-20-16-12-8-4)69-89-76(81)63-59-55-51-47-44-40-31-27-23-19-15-11-7-3/h9,13,15,19,21,25,27,31-34,36-38,41,45,73-75,80H,5-8,10-12,14,16-18,20,22-24,26,28-30,35,39-40,42-44,46-72H2,1-4H3,(H,85,86)(H,87,88)/b13-9-,19-15-,25-21-,31-27-,34-32-,37-36-,38-33-,45-41-. The second-order valence-electron chi connectivity index (χ2n) is 25.6. The molecule has 0 saturated carbocycles. The minimum Gasteiger partial charge on any atom is -0.462 e. The Hall–Kier alpha value is -4.02. The molecule has 0 radical (unpaired) electrons. The van der Waals surface area contributed by atoms with Crippen LogP contribution < -0.4 is 0 Å². The lowest BCUT2D eigenvalue weighted by molar-refractivity contribution is -0.161. The molecule has 0 heterocycles. The Labute approximate surface area is 595 Å². The summed E-state index contributed by atoms with van der Waals surface area (Å²) < 4.78 is 68.4. The fraction of sp³-hybridized carbons (Fsp3) is 0.747. The highest BCUT2D eigenvalue weighted by Crippen LogP contribution is 2.45. The molecule has 0 spiro atoms. The summed E-state index contributed by atoms with van der Waals surface area (Å²) in [5.41, 5.74) is 0. The third-order valence-corrected chi connectivity index (χ3v) is 17.9. The molecule has 0 bridgehead atoms. The summed E-state index contributed by atoms with van der Waals surface area (Å²) in [6.45, 7) is 4.64. The van der Waals surface area contributed by atoms with Crippen molar-refractivity contribution in [1.82, 2.24) is 0 Å². The molecule has 0 aromatic rings. The average Bonchev–Trinajstić information content (AvgIpc) is 0.992. The third-order valence-electron chi connectivity index (χ3n) is 16.0. The maximum Gasteiger partial charge on any atom is 0.472 e. The molecule has 0 aliphatic heterocycles. The highest BCUT2D eigenvalue weighted by Gasteiger charge is 2.30. The summed E-state index contributed by atoms with van der Waals surface area (Å²) in [6, 6.07) is 0. The molecule has 0 amide bonds. The van der Waals surface area contributed by atoms with Gasteiger partial charge in [0.05, 0.1) is 26.4 Å². The SMILES string of the molecule is CC/C=C\C/C=C\C/C=C\C/C=C\C/C=C\CCCCCC(=O)OCC(COP(=O)(O)OCC(O)COP(=O)(O)OCC(COC(=O)CCCCCCC/C=C\C/C=C\CCC)OC(=O)CCCCCCCCCCCCC)OC(=O)CCCCCCC/C=C\CCCCCCCC. The number of carbonyl (C=O) groups is 4. The third kappa shape index (κ3) is 70.4. The second-order valence-corrected chi connectivity index (χ2v) is 28.5. The molecule has 0 aromatic heterocycles. The predicted octanol–water partition coefficient (Wildman–Crippen LogP) is 22.0. The highest BCUT2D eigenvalue weighted by molar-refractivity contribution is 7.47. The number of allylic oxidation sites excluding steroid dienone is 16. The van der Waals surface area contributed by atoms with E-state index in [-0.39, 0.29) is 25.7 Å². The highest BCUT2D eigenvalue weighted by atomic mass is 31.2. The summed E-state index contributed by atoms with van der Waals surface area (Å²) >= 11 is 0. The Morgan fingerprint density at radius 1 is 0.296 bits per heavy atom. The van der Waals surface area contributed by atoms with Gasteiger partial charge in [0.15, 0.2) is 12.2 Å². The summed E-state index contributed by atoms with van der Waals surface area (Å²) in [5.74, 6) is -2.22. The molecule has 0 saturated heterocycles. The molecule has 98 heavy (non-hydrogen) atoms. The van der Waals surface area contributed by atoms with E-state index in [1.54, 1.807) is 0 Å². The number of aliphatic hydroxyl groups is 1. The summed E-state index contributed by atoms with van der Waals surface area (Å²) in [4.78, 5) is 72.8. The molecule has 0 fully saturated rings. The van der Waals surface area contributed by atoms with Crippen LogP contribution in [0.3, 0.4) is 0 Å². The molecule has 0 rings (SSSR count). The van der Waals surface area contributed by atoms with Crippen molar-refractivity contribution in [2.45, 2.75) is 341 Å². The van der Waals surface area contributed by atoms with Crippen molar-refractivity contribution in [2.24, 2.45) is 0 Å². The van der Waals surface area contributed by atoms with Crippen molar-refractivity contribution in [3.8, 4) is 0 Å². The molecule has 566 valence electrons. The smallest absolute Gasteiger partial charge is 0.462 e. The average molecular weight is 1420 g/mol. The summed E-state index contributed by atoms with van der Waals surface area (Å²) in [6.07, 6.45) is 74.0. The van der Waals surface area contributed by atoms with Gasteiger partial charge in [0.25, 0.3) is 0 Å². The van der Waals surface area contributed by atoms with E-state index in [1.165, 1.54) is 77.0 Å². The molecule has 17 nitrogen and oxygen atoms in total. The molecule has 0 aliphatic carbocycles. The van der Waals surface area contributed by atoms with Gasteiger partial charge in [-0.1, -0.05) is 273 Å². The Morgan fingerprint density at radius 3 is 0.878 bits per heavy atom. The Bertz CT molecular complexity index is 2240. The van der Waals surface area contributed by atoms with Crippen LogP contribution in [0.1, 0.15) is 323 Å². The van der Waals surface area contributed by atoms with Crippen LogP contribution in [0.5, 0.6) is 0 Å². The van der Waals surface area contributed by atoms with Crippen LogP contribution in [-0.2, 0) is 65.4 Å². The number of unbranched alkanes of at least 4 members (excludes halogenated alkanes) is 30. The molecule has 0 aromatic carbocycles. The van der Waals surface area contributed by atoms with E-state index in [2.05, 4.69) is 125 Å². The molecular weight excluding hydrogens is 1280 g/mol. The maximum atomic E-state index is 13.1. The quantitative estimate of drug-likeness (QED) is 0.0169. The number of phosphoric ester groups is 2. The van der Waals surface area contributed by atoms with Crippen LogP contribution in [0.25, 0.3) is 0 Å². The van der Waals surface area contributed by atoms with Crippen molar-refractivity contribution in [1.29, 1.82) is 0 Å². The number of hydrogen-bond acceptors (Lipinski definition) is 15. The number of ether oxygens (including phenoxy) is 4. The number of carbonyl (C=O) groups excluding carboxylic acids is 4. The predicted molar refractivity (Wildman–Crippen MR) is 399 cm³/mol. The molecule has 19 heteroatoms. The minimum atomic E-state index is -4.98. The first kappa shape index (κ1) is 94.0. The Kier molecular flexibility index (Phi) is 68.4. The van der Waals surface area contributed by atoms with E-state index in [4.69, 9.17) is 37.0 Å². The van der Waals surface area contributed by atoms with Gasteiger partial charge in [0.1, 0.15) is 19.3 Å². The first-order valence-corrected chi connectivity index (χ1v) is 41.5. The van der Waals surface area contributed by atoms with E-state index >= 15 is 0 Å². The largest absolute Gasteiger partial charge is 0.472 e. The van der Waals surface area contributed by atoms with Gasteiger partial charge >= 0.3 is 39.5 Å². The minimum absolute atomic E-state index is 0.0777. The van der Waals surface area contributed by atoms with Crippen LogP contribution >= 0.6 is 15.6 Å². The monoisotopic (exact) mass is 1420 g/mol. The second kappa shape index (κ2) is 71.4. The van der Waals surface area contributed by atoms with Crippen molar-refractivity contribution >= 4 is 39.5 Å². The molecular formula is C79H138O17P2. The molecule has 0 aliphatic rings. The van der Waals surface area contributed by atoms with Crippen LogP contribution in [0, 0.1) is 0 Å². The van der Waals surface area contributed by atoms with E-state index in [9.17, 15) is 43.2 Å². The Morgan fingerprint density at radius 2 is 0.551 bits per heavy atom. The molecule has 5 atom stereocenters. The zero-order valence-electron chi connectivity index (χ0n) is 61.7. The van der Waals surface area contributed by atoms with Gasteiger partial charge in [0.2, 0.25) is 0 Å². The number of phosphoric acid groups is 2. The zero-order chi connectivity index (χ0) is 71.8. The number of esters is 4. The topological polar surface area (TPSA) is 237 Å². The summed E-state index contributed by atoms with van der Waals surface area (Å²) in [7, 11) is -9.95. The van der Waals surface area contributed by atoms with Crippen molar-refractivity contribution < 1.29 is 80.2 Å². The van der Waals surface area contributed by atoms with Crippen molar-refractivity contribution in [3.05, 3.63) is 97.2 Å². The van der Waals surface area contributed by atoms with Gasteiger partial charge in [-0.05, 0) is 122 Å². The van der Waals surface area contributed by atoms with Crippen LogP contribution in [0.4, 0.5) is 0 Å². The lowest BCUT2D eigenvalue weighted by atomic mass is 10.1. The zero-order valence-corrected chi connectivity index (χ0v) is 63.5. The van der Waals surface area contributed by atoms with Gasteiger partial charge < -0.3 is 33.8 Å². The van der Waals surface area contributed by atoms with E-state index in [0.29, 0.717) is 25.7 Å². The van der Waals surface area contributed by atoms with Crippen molar-refractivity contribution in [2.75, 3.05) is 39.6 Å². The normalized spacial score (nSPS) is 14.5. The van der Waals surface area contributed by atoms with Crippen LogP contribution in [0.2, 0.25) is 0 Å². The first-order valence-electron chi connectivity index (χ1n) is 38.5. The van der Waals surface area contributed by atoms with Crippen molar-refractivity contribution in [3.63, 3.8) is 0 Å². The Balaban J connectivity index is 5.36. The fourth-order valence-electron chi connectivity index (χ4n) is 10.2. The van der Waals surface area contributed by atoms with Gasteiger partial charge in [-0.15, -0.1) is 0 Å².